The van der Waals surface area contributed by atoms with Crippen molar-refractivity contribution in [2.75, 3.05) is 0 Å². The summed E-state index contributed by atoms with van der Waals surface area (Å²) in [5.41, 5.74) is -0.0160. The molecule has 1 rings (SSSR count). The Hall–Kier alpha value is -0.840. The molecule has 0 aliphatic heterocycles. The van der Waals surface area contributed by atoms with E-state index in [1.165, 1.54) is 12.1 Å². The summed E-state index contributed by atoms with van der Waals surface area (Å²) >= 11 is 0. The second-order valence-electron chi connectivity index (χ2n) is 2.40. The predicted molar refractivity (Wildman–Crippen MR) is 50.0 cm³/mol. The van der Waals surface area contributed by atoms with Gasteiger partial charge >= 0.3 is 11.9 Å². The van der Waals surface area contributed by atoms with Gasteiger partial charge in [-0.3, -0.25) is 4.79 Å². The van der Waals surface area contributed by atoms with E-state index in [-0.39, 0.29) is 40.9 Å². The van der Waals surface area contributed by atoms with Crippen LogP contribution in [0.3, 0.4) is 0 Å². The van der Waals surface area contributed by atoms with Gasteiger partial charge in [0.1, 0.15) is 11.3 Å². The Labute approximate surface area is 103 Å². The summed E-state index contributed by atoms with van der Waals surface area (Å²) in [7, 11) is 0. The Kier molecular flexibility index (Phi) is 5.45. The first-order valence-electron chi connectivity index (χ1n) is 3.62. The third-order valence-electron chi connectivity index (χ3n) is 1.36. The van der Waals surface area contributed by atoms with E-state index in [1.54, 1.807) is 12.1 Å². The van der Waals surface area contributed by atoms with Crippen LogP contribution in [0.2, 0.25) is 0 Å². The molecular weight excluding hydrogens is 195 g/mol. The van der Waals surface area contributed by atoms with E-state index in [9.17, 15) is 14.7 Å². The topological polar surface area (TPSA) is 63.6 Å². The van der Waals surface area contributed by atoms with Gasteiger partial charge < -0.3 is 9.84 Å². The fourth-order valence-electron chi connectivity index (χ4n) is 0.832. The Morgan fingerprint density at radius 2 is 1.86 bits per heavy atom. The molecular formula is C9H8NaO4. The molecule has 0 aliphatic rings. The molecule has 0 amide bonds. The number of hydrogen-bond acceptors (Lipinski definition) is 4. The molecule has 0 fully saturated rings. The first kappa shape index (κ1) is 13.2. The molecule has 0 spiro atoms. The van der Waals surface area contributed by atoms with Crippen LogP contribution in [-0.2, 0) is 9.53 Å². The summed E-state index contributed by atoms with van der Waals surface area (Å²) in [5, 5.41) is 9.18. The van der Waals surface area contributed by atoms with Crippen LogP contribution in [0, 0.1) is 0 Å². The molecule has 0 atom stereocenters. The van der Waals surface area contributed by atoms with Gasteiger partial charge in [-0.05, 0) is 12.1 Å². The maximum Gasteiger partial charge on any atom is 0.349 e. The average Bonchev–Trinajstić information content (AvgIpc) is 2.03. The number of phenols is 1. The maximum absolute atomic E-state index is 11.1. The molecule has 0 saturated heterocycles. The number of rotatable bonds is 1. The van der Waals surface area contributed by atoms with Crippen LogP contribution < -0.4 is 0 Å². The van der Waals surface area contributed by atoms with E-state index in [2.05, 4.69) is 4.74 Å². The van der Waals surface area contributed by atoms with Gasteiger partial charge in [-0.25, -0.2) is 4.79 Å². The molecule has 1 radical (unpaired) electrons. The van der Waals surface area contributed by atoms with Gasteiger partial charge in [0, 0.05) is 36.5 Å². The zero-order valence-corrected chi connectivity index (χ0v) is 9.98. The summed E-state index contributed by atoms with van der Waals surface area (Å²) in [6.07, 6.45) is 0. The van der Waals surface area contributed by atoms with Crippen LogP contribution in [0.25, 0.3) is 0 Å². The molecule has 69 valence electrons. The van der Waals surface area contributed by atoms with Crippen LogP contribution >= 0.6 is 0 Å². The Morgan fingerprint density at radius 3 is 2.36 bits per heavy atom. The van der Waals surface area contributed by atoms with Gasteiger partial charge in [0.15, 0.2) is 0 Å². The van der Waals surface area contributed by atoms with Gasteiger partial charge in [-0.2, -0.15) is 0 Å². The van der Waals surface area contributed by atoms with Gasteiger partial charge in [0.05, 0.1) is 0 Å². The van der Waals surface area contributed by atoms with E-state index in [1.807, 2.05) is 0 Å². The number of phenolic OH excluding ortho intramolecular Hbond substituents is 1. The van der Waals surface area contributed by atoms with Crippen LogP contribution in [0.1, 0.15) is 17.3 Å². The molecule has 1 aromatic carbocycles. The number of hydrogen-bond donors (Lipinski definition) is 1. The van der Waals surface area contributed by atoms with Crippen molar-refractivity contribution in [2.45, 2.75) is 6.92 Å². The van der Waals surface area contributed by atoms with Crippen LogP contribution in [0.5, 0.6) is 5.75 Å². The number of ether oxygens (including phenoxy) is 1. The number of para-hydroxylation sites is 1. The molecule has 0 saturated carbocycles. The molecule has 5 heteroatoms. The average molecular weight is 203 g/mol. The molecule has 1 aromatic rings. The molecule has 0 unspecified atom stereocenters. The van der Waals surface area contributed by atoms with Crippen molar-refractivity contribution in [3.8, 4) is 5.75 Å². The Bertz CT molecular complexity index is 348. The minimum absolute atomic E-state index is 0. The number of esters is 2. The predicted octanol–water partition coefficient (Wildman–Crippen LogP) is 0.715. The van der Waals surface area contributed by atoms with E-state index >= 15 is 0 Å². The molecule has 4 nitrogen and oxygen atoms in total. The third kappa shape index (κ3) is 3.49. The summed E-state index contributed by atoms with van der Waals surface area (Å²) in [6, 6.07) is 5.85. The summed E-state index contributed by atoms with van der Waals surface area (Å²) < 4.78 is 4.28. The second-order valence-corrected chi connectivity index (χ2v) is 2.40. The van der Waals surface area contributed by atoms with Crippen LogP contribution in [0.4, 0.5) is 0 Å². The van der Waals surface area contributed by atoms with Crippen LogP contribution in [-0.4, -0.2) is 46.6 Å². The zero-order chi connectivity index (χ0) is 9.84. The SMILES string of the molecule is CC(=O)OC(=O)c1ccccc1O.[Na]. The fraction of sp³-hybridized carbons (Fsp3) is 0.111. The molecule has 0 aliphatic carbocycles. The van der Waals surface area contributed by atoms with E-state index in [4.69, 9.17) is 0 Å². The quantitative estimate of drug-likeness (QED) is 0.415. The molecule has 14 heavy (non-hydrogen) atoms. The minimum Gasteiger partial charge on any atom is -0.507 e. The number of benzene rings is 1. The largest absolute Gasteiger partial charge is 0.507 e. The fourth-order valence-corrected chi connectivity index (χ4v) is 0.832. The summed E-state index contributed by atoms with van der Waals surface area (Å²) in [5.74, 6) is -1.74. The smallest absolute Gasteiger partial charge is 0.349 e. The molecule has 0 aromatic heterocycles. The molecule has 0 bridgehead atoms. The Balaban J connectivity index is 0.00000169. The van der Waals surface area contributed by atoms with Crippen molar-refractivity contribution in [1.82, 2.24) is 0 Å². The Morgan fingerprint density at radius 1 is 1.29 bits per heavy atom. The molecule has 1 N–H and O–H groups in total. The zero-order valence-electron chi connectivity index (χ0n) is 7.98. The van der Waals surface area contributed by atoms with Crippen molar-refractivity contribution in [3.63, 3.8) is 0 Å². The minimum atomic E-state index is -0.842. The normalized spacial score (nSPS) is 8.64. The maximum atomic E-state index is 11.1. The number of carbonyl (C=O) groups is 2. The molecule has 0 heterocycles. The number of aromatic hydroxyl groups is 1. The third-order valence-corrected chi connectivity index (χ3v) is 1.36. The second kappa shape index (κ2) is 5.80. The van der Waals surface area contributed by atoms with Crippen molar-refractivity contribution in [3.05, 3.63) is 29.8 Å². The van der Waals surface area contributed by atoms with Crippen molar-refractivity contribution in [1.29, 1.82) is 0 Å². The summed E-state index contributed by atoms with van der Waals surface area (Å²) in [6.45, 7) is 1.12. The van der Waals surface area contributed by atoms with Crippen molar-refractivity contribution >= 4 is 41.5 Å². The first-order valence-corrected chi connectivity index (χ1v) is 3.62. The van der Waals surface area contributed by atoms with E-state index < -0.39 is 11.9 Å². The van der Waals surface area contributed by atoms with E-state index in [0.29, 0.717) is 0 Å². The monoisotopic (exact) mass is 203 g/mol. The van der Waals surface area contributed by atoms with Gasteiger partial charge in [0.2, 0.25) is 0 Å². The van der Waals surface area contributed by atoms with E-state index in [0.717, 1.165) is 6.92 Å². The van der Waals surface area contributed by atoms with Gasteiger partial charge in [-0.1, -0.05) is 12.1 Å². The van der Waals surface area contributed by atoms with Crippen LogP contribution in [0.15, 0.2) is 24.3 Å². The van der Waals surface area contributed by atoms with Gasteiger partial charge in [-0.15, -0.1) is 0 Å². The summed E-state index contributed by atoms with van der Waals surface area (Å²) in [4.78, 5) is 21.5. The first-order chi connectivity index (χ1) is 6.11. The van der Waals surface area contributed by atoms with Gasteiger partial charge in [0.25, 0.3) is 0 Å². The van der Waals surface area contributed by atoms with Crippen molar-refractivity contribution in [2.24, 2.45) is 0 Å². The van der Waals surface area contributed by atoms with Crippen molar-refractivity contribution < 1.29 is 19.4 Å². The number of carbonyl (C=O) groups excluding carboxylic acids is 2. The standard InChI is InChI=1S/C9H8O4.Na/c1-6(10)13-9(12)7-4-2-3-5-8(7)11;/h2-5,11H,1H3;.